The van der Waals surface area contributed by atoms with E-state index in [4.69, 9.17) is 0 Å². The smallest absolute Gasteiger partial charge is 0.277 e. The largest absolute Gasteiger partial charge is 0.297 e. The van der Waals surface area contributed by atoms with Crippen molar-refractivity contribution in [3.63, 3.8) is 0 Å². The molecule has 0 aliphatic carbocycles. The fourth-order valence-corrected chi connectivity index (χ4v) is 2.82. The Kier molecular flexibility index (Phi) is 3.60. The van der Waals surface area contributed by atoms with Crippen molar-refractivity contribution in [2.75, 3.05) is 4.72 Å². The molecule has 0 amide bonds. The number of hydrogen-bond acceptors (Lipinski definition) is 4. The molecular weight excluding hydrogens is 307 g/mol. The van der Waals surface area contributed by atoms with Crippen molar-refractivity contribution in [3.8, 4) is 11.1 Å². The van der Waals surface area contributed by atoms with Crippen LogP contribution < -0.4 is 4.72 Å². The number of nitrogens with one attached hydrogen (secondary N) is 2. The summed E-state index contributed by atoms with van der Waals surface area (Å²) >= 11 is 0. The molecule has 0 saturated heterocycles. The van der Waals surface area contributed by atoms with Gasteiger partial charge in [0.1, 0.15) is 12.1 Å². The van der Waals surface area contributed by atoms with Gasteiger partial charge in [0.2, 0.25) is 0 Å². The molecule has 1 aromatic heterocycles. The highest BCUT2D eigenvalue weighted by Gasteiger charge is 2.17. The predicted octanol–water partition coefficient (Wildman–Crippen LogP) is 2.41. The zero-order chi connectivity index (χ0) is 15.6. The molecule has 1 heterocycles. The summed E-state index contributed by atoms with van der Waals surface area (Å²) in [6, 6.07) is 12.7. The van der Waals surface area contributed by atoms with Gasteiger partial charge in [0.15, 0.2) is 0 Å². The van der Waals surface area contributed by atoms with Gasteiger partial charge in [0.25, 0.3) is 15.2 Å². The molecule has 8 heteroatoms. The predicted molar refractivity (Wildman–Crippen MR) is 79.0 cm³/mol. The molecule has 112 valence electrons. The average Bonchev–Trinajstić information content (AvgIpc) is 3.03. The van der Waals surface area contributed by atoms with Crippen LogP contribution in [0.3, 0.4) is 0 Å². The van der Waals surface area contributed by atoms with E-state index >= 15 is 0 Å². The molecule has 0 radical (unpaired) electrons. The van der Waals surface area contributed by atoms with Crippen molar-refractivity contribution < 1.29 is 12.8 Å². The molecule has 3 aromatic rings. The van der Waals surface area contributed by atoms with Gasteiger partial charge in [-0.2, -0.15) is 13.5 Å². The molecule has 0 aliphatic heterocycles. The number of aromatic amines is 1. The van der Waals surface area contributed by atoms with E-state index in [2.05, 4.69) is 19.9 Å². The van der Waals surface area contributed by atoms with Crippen LogP contribution in [0.25, 0.3) is 11.1 Å². The summed E-state index contributed by atoms with van der Waals surface area (Å²) in [5.74, 6) is -0.328. The first-order valence-corrected chi connectivity index (χ1v) is 7.77. The molecule has 0 spiro atoms. The van der Waals surface area contributed by atoms with Crippen LogP contribution in [0.2, 0.25) is 0 Å². The third-order valence-electron chi connectivity index (χ3n) is 2.94. The lowest BCUT2D eigenvalue weighted by Gasteiger charge is -2.08. The summed E-state index contributed by atoms with van der Waals surface area (Å²) < 4.78 is 39.5. The van der Waals surface area contributed by atoms with Crippen LogP contribution in [-0.2, 0) is 10.0 Å². The van der Waals surface area contributed by atoms with Gasteiger partial charge in [-0.3, -0.25) is 4.72 Å². The maximum absolute atomic E-state index is 13.0. The fourth-order valence-electron chi connectivity index (χ4n) is 1.93. The number of sulfonamides is 1. The molecule has 0 bridgehead atoms. The Morgan fingerprint density at radius 3 is 2.50 bits per heavy atom. The lowest BCUT2D eigenvalue weighted by atomic mass is 10.1. The molecular formula is C14H11FN4O2S. The Balaban J connectivity index is 1.90. The topological polar surface area (TPSA) is 87.7 Å². The van der Waals surface area contributed by atoms with Crippen molar-refractivity contribution in [2.24, 2.45) is 0 Å². The van der Waals surface area contributed by atoms with Crippen LogP contribution in [0.4, 0.5) is 10.1 Å². The first-order chi connectivity index (χ1) is 10.5. The van der Waals surface area contributed by atoms with Crippen LogP contribution >= 0.6 is 0 Å². The van der Waals surface area contributed by atoms with Gasteiger partial charge >= 0.3 is 0 Å². The van der Waals surface area contributed by atoms with Crippen molar-refractivity contribution >= 4 is 15.7 Å². The van der Waals surface area contributed by atoms with Crippen LogP contribution in [0.15, 0.2) is 60.0 Å². The fraction of sp³-hybridized carbons (Fsp3) is 0. The van der Waals surface area contributed by atoms with E-state index in [1.165, 1.54) is 12.1 Å². The van der Waals surface area contributed by atoms with Gasteiger partial charge in [0, 0.05) is 5.69 Å². The van der Waals surface area contributed by atoms with Crippen molar-refractivity contribution in [3.05, 3.63) is 60.7 Å². The molecule has 22 heavy (non-hydrogen) atoms. The van der Waals surface area contributed by atoms with Crippen LogP contribution in [-0.4, -0.2) is 23.6 Å². The Labute approximate surface area is 126 Å². The second kappa shape index (κ2) is 5.57. The molecule has 0 aliphatic rings. The van der Waals surface area contributed by atoms with Crippen LogP contribution in [0, 0.1) is 5.82 Å². The van der Waals surface area contributed by atoms with Crippen molar-refractivity contribution in [1.29, 1.82) is 0 Å². The second-order valence-electron chi connectivity index (χ2n) is 4.48. The molecule has 0 saturated carbocycles. The molecule has 0 atom stereocenters. The lowest BCUT2D eigenvalue weighted by Crippen LogP contribution is -2.14. The molecule has 2 aromatic carbocycles. The Morgan fingerprint density at radius 2 is 1.82 bits per heavy atom. The number of halogens is 1. The molecule has 3 rings (SSSR count). The average molecular weight is 318 g/mol. The molecule has 0 fully saturated rings. The Hall–Kier alpha value is -2.74. The maximum atomic E-state index is 13.0. The first-order valence-electron chi connectivity index (χ1n) is 6.29. The summed E-state index contributed by atoms with van der Waals surface area (Å²) in [6.45, 7) is 0. The Morgan fingerprint density at radius 1 is 1.05 bits per heavy atom. The van der Waals surface area contributed by atoms with Gasteiger partial charge in [-0.25, -0.2) is 14.5 Å². The maximum Gasteiger partial charge on any atom is 0.297 e. The number of anilines is 1. The van der Waals surface area contributed by atoms with E-state index in [0.717, 1.165) is 17.5 Å². The van der Waals surface area contributed by atoms with Gasteiger partial charge in [-0.1, -0.05) is 24.3 Å². The molecule has 2 N–H and O–H groups in total. The number of benzene rings is 2. The third kappa shape index (κ3) is 2.96. The van der Waals surface area contributed by atoms with Crippen LogP contribution in [0.1, 0.15) is 0 Å². The zero-order valence-corrected chi connectivity index (χ0v) is 12.0. The summed E-state index contributed by atoms with van der Waals surface area (Å²) in [4.78, 5) is 3.62. The highest BCUT2D eigenvalue weighted by molar-refractivity contribution is 7.92. The highest BCUT2D eigenvalue weighted by atomic mass is 32.2. The second-order valence-corrected chi connectivity index (χ2v) is 6.08. The molecule has 0 unspecified atom stereocenters. The number of rotatable bonds is 4. The minimum absolute atomic E-state index is 0.264. The van der Waals surface area contributed by atoms with E-state index in [9.17, 15) is 12.8 Å². The van der Waals surface area contributed by atoms with E-state index in [-0.39, 0.29) is 11.0 Å². The van der Waals surface area contributed by atoms with Crippen molar-refractivity contribution in [1.82, 2.24) is 15.2 Å². The SMILES string of the molecule is O=S(=O)(Nc1cccc(-c2ccc(F)cc2)c1)c1ncn[nH]1. The van der Waals surface area contributed by atoms with Gasteiger partial charge in [-0.05, 0) is 35.4 Å². The van der Waals surface area contributed by atoms with Gasteiger partial charge < -0.3 is 0 Å². The zero-order valence-electron chi connectivity index (χ0n) is 11.2. The van der Waals surface area contributed by atoms with Gasteiger partial charge in [-0.15, -0.1) is 0 Å². The van der Waals surface area contributed by atoms with E-state index in [1.54, 1.807) is 36.4 Å². The number of nitrogens with zero attached hydrogens (tertiary/aromatic N) is 2. The Bertz CT molecular complexity index is 877. The summed E-state index contributed by atoms with van der Waals surface area (Å²) in [7, 11) is -3.81. The van der Waals surface area contributed by atoms with E-state index < -0.39 is 10.0 Å². The first kappa shape index (κ1) is 14.2. The minimum Gasteiger partial charge on any atom is -0.277 e. The summed E-state index contributed by atoms with van der Waals surface area (Å²) in [5, 5.41) is 5.55. The summed E-state index contributed by atoms with van der Waals surface area (Å²) in [6.07, 6.45) is 1.11. The van der Waals surface area contributed by atoms with Gasteiger partial charge in [0.05, 0.1) is 0 Å². The number of H-pyrrole nitrogens is 1. The van der Waals surface area contributed by atoms with E-state index in [1.807, 2.05) is 0 Å². The minimum atomic E-state index is -3.81. The molecule has 6 nitrogen and oxygen atoms in total. The third-order valence-corrected chi connectivity index (χ3v) is 4.15. The van der Waals surface area contributed by atoms with Crippen molar-refractivity contribution in [2.45, 2.75) is 5.16 Å². The monoisotopic (exact) mass is 318 g/mol. The lowest BCUT2D eigenvalue weighted by molar-refractivity contribution is 0.593. The summed E-state index contributed by atoms with van der Waals surface area (Å²) in [5.41, 5.74) is 1.91. The highest BCUT2D eigenvalue weighted by Crippen LogP contribution is 2.24. The number of hydrogen-bond donors (Lipinski definition) is 2. The van der Waals surface area contributed by atoms with Crippen LogP contribution in [0.5, 0.6) is 0 Å². The number of aromatic nitrogens is 3. The van der Waals surface area contributed by atoms with E-state index in [0.29, 0.717) is 5.69 Å². The standard InChI is InChI=1S/C14H11FN4O2S/c15-12-6-4-10(5-7-12)11-2-1-3-13(8-11)19-22(20,21)14-16-9-17-18-14/h1-9,19H,(H,16,17,18). The normalized spacial score (nSPS) is 11.3. The quantitative estimate of drug-likeness (QED) is 0.773.